The highest BCUT2D eigenvalue weighted by molar-refractivity contribution is 6.42. The van der Waals surface area contributed by atoms with Crippen LogP contribution in [-0.4, -0.2) is 17.8 Å². The van der Waals surface area contributed by atoms with Crippen molar-refractivity contribution in [2.24, 2.45) is 15.7 Å². The molecule has 0 bridgehead atoms. The molecule has 0 saturated carbocycles. The zero-order valence-corrected chi connectivity index (χ0v) is 17.1. The summed E-state index contributed by atoms with van der Waals surface area (Å²) in [4.78, 5) is 20.4. The Morgan fingerprint density at radius 3 is 2.50 bits per heavy atom. The Hall–Kier alpha value is -4.13. The molecular formula is C23H26N6O. The van der Waals surface area contributed by atoms with Crippen LogP contribution < -0.4 is 22.1 Å². The monoisotopic (exact) mass is 402 g/mol. The molecule has 7 heteroatoms. The first-order chi connectivity index (χ1) is 14.4. The number of carbonyl (C=O) groups excluding carboxylic acids is 1. The number of nitrogens with one attached hydrogen (secondary N) is 2. The van der Waals surface area contributed by atoms with E-state index < -0.39 is 0 Å². The Morgan fingerprint density at radius 1 is 1.10 bits per heavy atom. The van der Waals surface area contributed by atoms with Crippen LogP contribution in [0.2, 0.25) is 0 Å². The summed E-state index contributed by atoms with van der Waals surface area (Å²) in [6, 6.07) is 14.5. The van der Waals surface area contributed by atoms with Crippen molar-refractivity contribution in [2.75, 3.05) is 16.4 Å². The molecule has 1 amide bonds. The first-order valence-corrected chi connectivity index (χ1v) is 9.27. The van der Waals surface area contributed by atoms with E-state index in [1.54, 1.807) is 55.8 Å². The van der Waals surface area contributed by atoms with Gasteiger partial charge in [-0.2, -0.15) is 0 Å². The number of hydrogen-bond acceptors (Lipinski definition) is 6. The molecule has 0 atom stereocenters. The summed E-state index contributed by atoms with van der Waals surface area (Å²) >= 11 is 0. The molecule has 0 unspecified atom stereocenters. The molecule has 0 spiro atoms. The number of nitrogens with two attached hydrogens (primary N) is 2. The standard InChI is InChI=1S/C23H26N6O/c1-4-12-26-16(2)23(30)29-20-9-5-7-18(14-20)22(25)11-13-27-17(3)28-21-10-6-8-19(24)15-21/h4-15,28H,3,24-25H2,1-2H3,(H,29,30)/b12-4-,22-11-,26-16?,27-13?. The lowest BCUT2D eigenvalue weighted by Gasteiger charge is -2.07. The van der Waals surface area contributed by atoms with E-state index in [-0.39, 0.29) is 5.91 Å². The molecule has 0 saturated heterocycles. The van der Waals surface area contributed by atoms with Crippen LogP contribution in [0.3, 0.4) is 0 Å². The summed E-state index contributed by atoms with van der Waals surface area (Å²) in [6.07, 6.45) is 6.53. The fourth-order valence-corrected chi connectivity index (χ4v) is 2.36. The molecule has 7 nitrogen and oxygen atoms in total. The molecule has 0 aliphatic heterocycles. The van der Waals surface area contributed by atoms with Crippen LogP contribution in [0.1, 0.15) is 19.4 Å². The van der Waals surface area contributed by atoms with Crippen molar-refractivity contribution in [1.82, 2.24) is 0 Å². The van der Waals surface area contributed by atoms with Gasteiger partial charge in [0.2, 0.25) is 0 Å². The van der Waals surface area contributed by atoms with Gasteiger partial charge in [0.05, 0.1) is 0 Å². The SMILES string of the molecule is C=C(N=C/C=C(\N)c1cccc(NC(=O)C(C)=N/C=C\C)c1)Nc1cccc(N)c1. The molecule has 0 aliphatic rings. The lowest BCUT2D eigenvalue weighted by atomic mass is 10.1. The molecule has 2 aromatic rings. The molecule has 0 aromatic heterocycles. The highest BCUT2D eigenvalue weighted by Crippen LogP contribution is 2.16. The van der Waals surface area contributed by atoms with Crippen LogP contribution in [0.4, 0.5) is 17.1 Å². The molecular weight excluding hydrogens is 376 g/mol. The fourth-order valence-electron chi connectivity index (χ4n) is 2.36. The van der Waals surface area contributed by atoms with E-state index in [0.29, 0.717) is 28.6 Å². The number of anilines is 3. The average molecular weight is 403 g/mol. The molecule has 0 fully saturated rings. The van der Waals surface area contributed by atoms with Crippen molar-refractivity contribution < 1.29 is 4.79 Å². The van der Waals surface area contributed by atoms with E-state index in [9.17, 15) is 4.79 Å². The Morgan fingerprint density at radius 2 is 1.80 bits per heavy atom. The largest absolute Gasteiger partial charge is 0.399 e. The predicted molar refractivity (Wildman–Crippen MR) is 127 cm³/mol. The van der Waals surface area contributed by atoms with E-state index in [1.807, 2.05) is 31.2 Å². The third-order valence-corrected chi connectivity index (χ3v) is 3.86. The van der Waals surface area contributed by atoms with Gasteiger partial charge in [-0.25, -0.2) is 4.99 Å². The van der Waals surface area contributed by atoms with Gasteiger partial charge in [-0.1, -0.05) is 30.9 Å². The number of rotatable bonds is 8. The van der Waals surface area contributed by atoms with Gasteiger partial charge in [0.15, 0.2) is 0 Å². The lowest BCUT2D eigenvalue weighted by Crippen LogP contribution is -2.20. The maximum Gasteiger partial charge on any atom is 0.269 e. The highest BCUT2D eigenvalue weighted by Gasteiger charge is 2.06. The van der Waals surface area contributed by atoms with Gasteiger partial charge >= 0.3 is 0 Å². The smallest absolute Gasteiger partial charge is 0.269 e. The Balaban J connectivity index is 2.02. The van der Waals surface area contributed by atoms with Crippen LogP contribution in [-0.2, 0) is 4.79 Å². The number of hydrogen-bond donors (Lipinski definition) is 4. The third kappa shape index (κ3) is 7.12. The van der Waals surface area contributed by atoms with Crippen LogP contribution in [0.25, 0.3) is 5.70 Å². The minimum Gasteiger partial charge on any atom is -0.399 e. The summed E-state index contributed by atoms with van der Waals surface area (Å²) in [5.41, 5.74) is 15.6. The van der Waals surface area contributed by atoms with E-state index in [1.165, 1.54) is 0 Å². The second-order valence-corrected chi connectivity index (χ2v) is 6.33. The minimum atomic E-state index is -0.279. The average Bonchev–Trinajstić information content (AvgIpc) is 2.72. The number of allylic oxidation sites excluding steroid dienone is 2. The number of nitrogens with zero attached hydrogens (tertiary/aromatic N) is 2. The van der Waals surface area contributed by atoms with E-state index in [4.69, 9.17) is 11.5 Å². The topological polar surface area (TPSA) is 118 Å². The maximum atomic E-state index is 12.2. The van der Waals surface area contributed by atoms with Crippen LogP contribution in [0, 0.1) is 0 Å². The van der Waals surface area contributed by atoms with E-state index in [2.05, 4.69) is 27.2 Å². The number of aliphatic imine (C=N–C) groups is 2. The first kappa shape index (κ1) is 22.2. The minimum absolute atomic E-state index is 0.279. The zero-order valence-electron chi connectivity index (χ0n) is 17.1. The Bertz CT molecular complexity index is 1030. The number of benzene rings is 2. The molecule has 2 rings (SSSR count). The molecule has 0 aliphatic carbocycles. The summed E-state index contributed by atoms with van der Waals surface area (Å²) < 4.78 is 0. The van der Waals surface area contributed by atoms with Crippen LogP contribution >= 0.6 is 0 Å². The van der Waals surface area contributed by atoms with Crippen molar-refractivity contribution in [3.8, 4) is 0 Å². The summed E-state index contributed by atoms with van der Waals surface area (Å²) in [5.74, 6) is 0.167. The van der Waals surface area contributed by atoms with Gasteiger partial charge in [0.1, 0.15) is 11.5 Å². The van der Waals surface area contributed by atoms with Crippen LogP contribution in [0.5, 0.6) is 0 Å². The van der Waals surface area contributed by atoms with Crippen molar-refractivity contribution in [3.05, 3.63) is 84.8 Å². The van der Waals surface area contributed by atoms with E-state index >= 15 is 0 Å². The van der Waals surface area contributed by atoms with Crippen molar-refractivity contribution in [1.29, 1.82) is 0 Å². The molecule has 154 valence electrons. The maximum absolute atomic E-state index is 12.2. The van der Waals surface area contributed by atoms with Gasteiger partial charge in [-0.05, 0) is 55.8 Å². The second-order valence-electron chi connectivity index (χ2n) is 6.33. The highest BCUT2D eigenvalue weighted by atomic mass is 16.1. The molecule has 2 aromatic carbocycles. The Kier molecular flexibility index (Phi) is 8.14. The molecule has 0 radical (unpaired) electrons. The Labute approximate surface area is 176 Å². The zero-order chi connectivity index (χ0) is 21.9. The number of carbonyl (C=O) groups is 1. The van der Waals surface area contributed by atoms with Gasteiger partial charge in [-0.15, -0.1) is 0 Å². The van der Waals surface area contributed by atoms with Gasteiger partial charge in [-0.3, -0.25) is 9.79 Å². The normalized spacial score (nSPS) is 12.3. The summed E-state index contributed by atoms with van der Waals surface area (Å²) in [5, 5.41) is 5.84. The lowest BCUT2D eigenvalue weighted by molar-refractivity contribution is -0.110. The predicted octanol–water partition coefficient (Wildman–Crippen LogP) is 4.16. The molecule has 30 heavy (non-hydrogen) atoms. The summed E-state index contributed by atoms with van der Waals surface area (Å²) in [6.45, 7) is 7.33. The number of nitrogen functional groups attached to an aromatic ring is 1. The first-order valence-electron chi connectivity index (χ1n) is 9.27. The van der Waals surface area contributed by atoms with Gasteiger partial charge in [0, 0.05) is 35.2 Å². The molecule has 6 N–H and O–H groups in total. The van der Waals surface area contributed by atoms with Crippen molar-refractivity contribution in [3.63, 3.8) is 0 Å². The summed E-state index contributed by atoms with van der Waals surface area (Å²) in [7, 11) is 0. The van der Waals surface area contributed by atoms with Crippen LogP contribution in [0.15, 0.2) is 89.3 Å². The van der Waals surface area contributed by atoms with Crippen molar-refractivity contribution in [2.45, 2.75) is 13.8 Å². The number of amides is 1. The quantitative estimate of drug-likeness (QED) is 0.392. The second kappa shape index (κ2) is 11.0. The fraction of sp³-hybridized carbons (Fsp3) is 0.0870. The third-order valence-electron chi connectivity index (χ3n) is 3.86. The van der Waals surface area contributed by atoms with Gasteiger partial charge in [0.25, 0.3) is 5.91 Å². The van der Waals surface area contributed by atoms with Gasteiger partial charge < -0.3 is 22.1 Å². The van der Waals surface area contributed by atoms with E-state index in [0.717, 1.165) is 11.3 Å². The molecule has 0 heterocycles. The van der Waals surface area contributed by atoms with Crippen molar-refractivity contribution >= 4 is 40.6 Å².